The first-order valence-corrected chi connectivity index (χ1v) is 8.12. The van der Waals surface area contributed by atoms with Crippen LogP contribution < -0.4 is 0 Å². The molecule has 0 spiro atoms. The quantitative estimate of drug-likeness (QED) is 0.411. The van der Waals surface area contributed by atoms with Crippen molar-refractivity contribution in [1.82, 2.24) is 23.9 Å². The molecule has 0 aliphatic rings. The molecule has 0 saturated heterocycles. The molecule has 0 fully saturated rings. The van der Waals surface area contributed by atoms with Gasteiger partial charge in [0.25, 0.3) is 5.65 Å². The Morgan fingerprint density at radius 3 is 2.64 bits per heavy atom. The van der Waals surface area contributed by atoms with Crippen molar-refractivity contribution in [3.63, 3.8) is 0 Å². The highest BCUT2D eigenvalue weighted by Crippen LogP contribution is 2.32. The topological polar surface area (TPSA) is 91.2 Å². The second-order valence-electron chi connectivity index (χ2n) is 5.81. The Morgan fingerprint density at radius 2 is 1.92 bits per heavy atom. The van der Waals surface area contributed by atoms with Crippen molar-refractivity contribution in [3.05, 3.63) is 53.1 Å². The van der Waals surface area contributed by atoms with Crippen molar-refractivity contribution in [1.29, 1.82) is 0 Å². The molecule has 0 aliphatic heterocycles. The molecule has 0 radical (unpaired) electrons. The number of benzene rings is 1. The second kappa shape index (κ2) is 5.97. The number of nitro groups is 1. The Bertz CT molecular complexity index is 1070. The van der Waals surface area contributed by atoms with Gasteiger partial charge in [-0.15, -0.1) is 0 Å². The number of aryl methyl sites for hydroxylation is 1. The highest BCUT2D eigenvalue weighted by atomic mass is 16.6. The fourth-order valence-electron chi connectivity index (χ4n) is 2.94. The molecule has 0 aliphatic carbocycles. The van der Waals surface area contributed by atoms with E-state index in [1.165, 1.54) is 10.7 Å². The van der Waals surface area contributed by atoms with Gasteiger partial charge in [0.2, 0.25) is 0 Å². The highest BCUT2D eigenvalue weighted by molar-refractivity contribution is 5.88. The number of rotatable bonds is 5. The summed E-state index contributed by atoms with van der Waals surface area (Å²) in [6, 6.07) is 9.13. The standard InChI is InChI=1S/C17H16N6O2/c1-2-3-9-21-10-18-14-15(21)19-11-22-16(14)20-13(17(22)23(24)25)12-7-5-4-6-8-12/h4-8,10-11H,2-3,9H2,1H3. The number of hydrogen-bond acceptors (Lipinski definition) is 5. The van der Waals surface area contributed by atoms with Crippen molar-refractivity contribution >= 4 is 22.6 Å². The van der Waals surface area contributed by atoms with Crippen LogP contribution in [0.5, 0.6) is 0 Å². The van der Waals surface area contributed by atoms with Gasteiger partial charge in [-0.1, -0.05) is 43.7 Å². The molecule has 0 amide bonds. The van der Waals surface area contributed by atoms with Crippen LogP contribution in [0.15, 0.2) is 43.0 Å². The van der Waals surface area contributed by atoms with E-state index >= 15 is 0 Å². The van der Waals surface area contributed by atoms with E-state index < -0.39 is 4.92 Å². The second-order valence-corrected chi connectivity index (χ2v) is 5.81. The molecule has 8 heteroatoms. The lowest BCUT2D eigenvalue weighted by Crippen LogP contribution is -2.00. The van der Waals surface area contributed by atoms with E-state index in [4.69, 9.17) is 0 Å². The Balaban J connectivity index is 1.98. The van der Waals surface area contributed by atoms with Crippen LogP contribution in [0.1, 0.15) is 19.8 Å². The molecule has 0 atom stereocenters. The van der Waals surface area contributed by atoms with Gasteiger partial charge in [-0.05, 0) is 11.3 Å². The molecule has 0 saturated carbocycles. The van der Waals surface area contributed by atoms with Crippen LogP contribution in [0.3, 0.4) is 0 Å². The van der Waals surface area contributed by atoms with Gasteiger partial charge in [-0.3, -0.25) is 0 Å². The van der Waals surface area contributed by atoms with Crippen molar-refractivity contribution in [2.45, 2.75) is 26.3 Å². The normalized spacial score (nSPS) is 11.4. The maximum Gasteiger partial charge on any atom is 0.357 e. The van der Waals surface area contributed by atoms with Gasteiger partial charge in [0.05, 0.1) is 6.33 Å². The van der Waals surface area contributed by atoms with E-state index in [9.17, 15) is 10.1 Å². The lowest BCUT2D eigenvalue weighted by Gasteiger charge is -2.00. The maximum atomic E-state index is 11.6. The molecule has 25 heavy (non-hydrogen) atoms. The van der Waals surface area contributed by atoms with Crippen LogP contribution in [-0.4, -0.2) is 28.8 Å². The minimum atomic E-state index is -0.427. The first-order chi connectivity index (χ1) is 12.2. The third-order valence-electron chi connectivity index (χ3n) is 4.18. The molecule has 4 rings (SSSR count). The summed E-state index contributed by atoms with van der Waals surface area (Å²) in [5, 5.41) is 11.6. The summed E-state index contributed by atoms with van der Waals surface area (Å²) in [6.07, 6.45) is 5.26. The average Bonchev–Trinajstić information content (AvgIpc) is 3.21. The predicted molar refractivity (Wildman–Crippen MR) is 93.3 cm³/mol. The summed E-state index contributed by atoms with van der Waals surface area (Å²) >= 11 is 0. The molecule has 3 aromatic heterocycles. The van der Waals surface area contributed by atoms with Crippen molar-refractivity contribution in [3.8, 4) is 11.3 Å². The van der Waals surface area contributed by atoms with Crippen LogP contribution in [0, 0.1) is 10.1 Å². The SMILES string of the molecule is CCCCn1cnc2c1ncn1c([N+](=O)[O-])c(-c3ccccc3)nc21. The summed E-state index contributed by atoms with van der Waals surface area (Å²) in [5.41, 5.74) is 2.73. The third-order valence-corrected chi connectivity index (χ3v) is 4.18. The number of hydrogen-bond donors (Lipinski definition) is 0. The number of nitrogens with zero attached hydrogens (tertiary/aromatic N) is 6. The van der Waals surface area contributed by atoms with Crippen LogP contribution >= 0.6 is 0 Å². The van der Waals surface area contributed by atoms with Crippen LogP contribution in [0.4, 0.5) is 5.82 Å². The summed E-state index contributed by atoms with van der Waals surface area (Å²) in [6.45, 7) is 2.93. The first kappa shape index (κ1) is 15.3. The molecule has 4 aromatic rings. The minimum Gasteiger partial charge on any atom is -0.358 e. The van der Waals surface area contributed by atoms with Gasteiger partial charge in [0.1, 0.15) is 0 Å². The van der Waals surface area contributed by atoms with E-state index in [1.54, 1.807) is 18.5 Å². The van der Waals surface area contributed by atoms with Gasteiger partial charge in [-0.2, -0.15) is 14.4 Å². The molecule has 1 aromatic carbocycles. The van der Waals surface area contributed by atoms with Crippen LogP contribution in [0.2, 0.25) is 0 Å². The molecule has 3 heterocycles. The largest absolute Gasteiger partial charge is 0.358 e. The van der Waals surface area contributed by atoms with E-state index in [0.29, 0.717) is 28.1 Å². The lowest BCUT2D eigenvalue weighted by atomic mass is 10.1. The Morgan fingerprint density at radius 1 is 1.12 bits per heavy atom. The van der Waals surface area contributed by atoms with Crippen molar-refractivity contribution in [2.24, 2.45) is 0 Å². The van der Waals surface area contributed by atoms with Gasteiger partial charge < -0.3 is 14.7 Å². The summed E-state index contributed by atoms with van der Waals surface area (Å²) in [5.74, 6) is -0.0984. The fraction of sp³-hybridized carbons (Fsp3) is 0.235. The van der Waals surface area contributed by atoms with Gasteiger partial charge >= 0.3 is 5.82 Å². The summed E-state index contributed by atoms with van der Waals surface area (Å²) < 4.78 is 3.36. The molecular weight excluding hydrogens is 320 g/mol. The van der Waals surface area contributed by atoms with Gasteiger partial charge in [0.15, 0.2) is 23.2 Å². The highest BCUT2D eigenvalue weighted by Gasteiger charge is 2.26. The van der Waals surface area contributed by atoms with Gasteiger partial charge in [-0.25, -0.2) is 4.98 Å². The van der Waals surface area contributed by atoms with E-state index in [-0.39, 0.29) is 5.82 Å². The van der Waals surface area contributed by atoms with Crippen molar-refractivity contribution < 1.29 is 4.92 Å². The lowest BCUT2D eigenvalue weighted by molar-refractivity contribution is -0.389. The zero-order chi connectivity index (χ0) is 17.4. The number of fused-ring (bicyclic) bond motifs is 3. The zero-order valence-electron chi connectivity index (χ0n) is 13.7. The zero-order valence-corrected chi connectivity index (χ0v) is 13.7. The van der Waals surface area contributed by atoms with E-state index in [0.717, 1.165) is 19.4 Å². The van der Waals surface area contributed by atoms with E-state index in [1.807, 2.05) is 22.8 Å². The van der Waals surface area contributed by atoms with E-state index in [2.05, 4.69) is 21.9 Å². The molecule has 0 N–H and O–H groups in total. The van der Waals surface area contributed by atoms with Crippen LogP contribution in [0.25, 0.3) is 28.1 Å². The number of imidazole rings is 2. The maximum absolute atomic E-state index is 11.6. The third kappa shape index (κ3) is 2.42. The Kier molecular flexibility index (Phi) is 3.64. The van der Waals surface area contributed by atoms with Gasteiger partial charge in [0, 0.05) is 12.1 Å². The van der Waals surface area contributed by atoms with Crippen LogP contribution in [-0.2, 0) is 6.54 Å². The Hall–Kier alpha value is -3.29. The average molecular weight is 336 g/mol. The first-order valence-electron chi connectivity index (χ1n) is 8.12. The fourth-order valence-corrected chi connectivity index (χ4v) is 2.94. The molecular formula is C17H16N6O2. The monoisotopic (exact) mass is 336 g/mol. The molecule has 0 bridgehead atoms. The van der Waals surface area contributed by atoms with Crippen molar-refractivity contribution in [2.75, 3.05) is 0 Å². The molecule has 126 valence electrons. The smallest absolute Gasteiger partial charge is 0.357 e. The number of unbranched alkanes of at least 4 members (excludes halogenated alkanes) is 1. The Labute approximate surface area is 142 Å². The molecule has 8 nitrogen and oxygen atoms in total. The summed E-state index contributed by atoms with van der Waals surface area (Å²) in [7, 11) is 0. The molecule has 0 unspecified atom stereocenters. The number of aromatic nitrogens is 5. The minimum absolute atomic E-state index is 0.0984. The summed E-state index contributed by atoms with van der Waals surface area (Å²) in [4.78, 5) is 24.5. The predicted octanol–water partition coefficient (Wildman–Crippen LogP) is 3.45.